The lowest BCUT2D eigenvalue weighted by atomic mass is 10.1. The summed E-state index contributed by atoms with van der Waals surface area (Å²) in [7, 11) is -4.02. The second-order valence-corrected chi connectivity index (χ2v) is 10.00. The Balaban J connectivity index is 1.45. The Kier molecular flexibility index (Phi) is 4.89. The molecule has 0 aliphatic carbocycles. The number of hydrogen-bond acceptors (Lipinski definition) is 4. The fraction of sp³-hybridized carbons (Fsp3) is 0.0769. The van der Waals surface area contributed by atoms with E-state index in [1.807, 2.05) is 0 Å². The number of fused-ring (bicyclic) bond motifs is 3. The number of nitrogens with zero attached hydrogens (tertiary/aromatic N) is 4. The number of pyridine rings is 2. The number of para-hydroxylation sites is 2. The van der Waals surface area contributed by atoms with E-state index in [0.29, 0.717) is 44.3 Å². The third-order valence-corrected chi connectivity index (χ3v) is 7.97. The molecule has 0 unspecified atom stereocenters. The summed E-state index contributed by atoms with van der Waals surface area (Å²) in [5.74, 6) is -0.835. The van der Waals surface area contributed by atoms with Crippen LogP contribution in [0.5, 0.6) is 0 Å². The number of anilines is 2. The van der Waals surface area contributed by atoms with E-state index in [1.54, 1.807) is 73.1 Å². The van der Waals surface area contributed by atoms with Crippen LogP contribution in [-0.4, -0.2) is 18.4 Å². The highest BCUT2D eigenvalue weighted by atomic mass is 32.2. The van der Waals surface area contributed by atoms with Gasteiger partial charge in [-0.05, 0) is 59.7 Å². The fourth-order valence-electron chi connectivity index (χ4n) is 4.54. The minimum Gasteiger partial charge on any atom is -0.256 e. The van der Waals surface area contributed by atoms with Crippen molar-refractivity contribution in [1.82, 2.24) is 9.97 Å². The fourth-order valence-corrected chi connectivity index (χ4v) is 6.19. The summed E-state index contributed by atoms with van der Waals surface area (Å²) < 4.78 is 58.9. The van der Waals surface area contributed by atoms with Crippen LogP contribution in [-0.2, 0) is 23.3 Å². The van der Waals surface area contributed by atoms with E-state index in [2.05, 4.69) is 9.97 Å². The van der Waals surface area contributed by atoms with Crippen LogP contribution in [0.3, 0.4) is 0 Å². The zero-order chi connectivity index (χ0) is 24.2. The van der Waals surface area contributed by atoms with E-state index in [-0.39, 0.29) is 13.1 Å². The first-order chi connectivity index (χ1) is 16.9. The Bertz CT molecular complexity index is 1610. The molecule has 5 aromatic rings. The van der Waals surface area contributed by atoms with Crippen molar-refractivity contribution in [3.8, 4) is 0 Å². The zero-order valence-corrected chi connectivity index (χ0v) is 19.1. The van der Waals surface area contributed by atoms with Crippen LogP contribution >= 0.6 is 0 Å². The summed E-state index contributed by atoms with van der Waals surface area (Å²) in [5, 5.41) is 0.659. The van der Waals surface area contributed by atoms with Crippen molar-refractivity contribution in [3.05, 3.63) is 108 Å². The van der Waals surface area contributed by atoms with Gasteiger partial charge in [-0.25, -0.2) is 17.4 Å². The maximum atomic E-state index is 14.3. The number of benzene rings is 3. The Labute approximate surface area is 200 Å². The van der Waals surface area contributed by atoms with Crippen molar-refractivity contribution in [2.24, 2.45) is 0 Å². The zero-order valence-electron chi connectivity index (χ0n) is 18.3. The third kappa shape index (κ3) is 3.38. The van der Waals surface area contributed by atoms with Gasteiger partial charge in [-0.15, -0.1) is 0 Å². The van der Waals surface area contributed by atoms with Crippen LogP contribution in [0, 0.1) is 11.6 Å². The largest absolute Gasteiger partial charge is 0.327 e. The summed E-state index contributed by atoms with van der Waals surface area (Å²) in [4.78, 5) is 8.60. The molecule has 0 saturated heterocycles. The second kappa shape index (κ2) is 7.99. The highest BCUT2D eigenvalue weighted by Gasteiger charge is 2.40. The quantitative estimate of drug-likeness (QED) is 0.343. The van der Waals surface area contributed by atoms with Crippen molar-refractivity contribution < 1.29 is 17.2 Å². The van der Waals surface area contributed by atoms with E-state index in [9.17, 15) is 17.2 Å². The van der Waals surface area contributed by atoms with Crippen LogP contribution in [0.15, 0.2) is 85.2 Å². The van der Waals surface area contributed by atoms with Gasteiger partial charge < -0.3 is 0 Å². The molecule has 0 amide bonds. The molecule has 3 aromatic carbocycles. The normalized spacial score (nSPS) is 14.6. The summed E-state index contributed by atoms with van der Waals surface area (Å²) >= 11 is 0. The molecule has 35 heavy (non-hydrogen) atoms. The molecule has 0 radical (unpaired) electrons. The van der Waals surface area contributed by atoms with Crippen molar-refractivity contribution in [3.63, 3.8) is 0 Å². The van der Waals surface area contributed by atoms with Crippen LogP contribution < -0.4 is 8.61 Å². The molecule has 174 valence electrons. The predicted molar refractivity (Wildman–Crippen MR) is 131 cm³/mol. The maximum absolute atomic E-state index is 14.3. The van der Waals surface area contributed by atoms with Crippen LogP contribution in [0.25, 0.3) is 21.8 Å². The Hall–Kier alpha value is -4.11. The lowest BCUT2D eigenvalue weighted by Gasteiger charge is -2.22. The molecule has 0 N–H and O–H groups in total. The van der Waals surface area contributed by atoms with Gasteiger partial charge in [0.05, 0.1) is 35.5 Å². The topological polar surface area (TPSA) is 66.4 Å². The number of rotatable bonds is 4. The average Bonchev–Trinajstić information content (AvgIpc) is 3.08. The van der Waals surface area contributed by atoms with Crippen molar-refractivity contribution in [2.45, 2.75) is 13.1 Å². The smallest absolute Gasteiger partial charge is 0.256 e. The molecule has 1 aliphatic heterocycles. The highest BCUT2D eigenvalue weighted by Crippen LogP contribution is 2.43. The monoisotopic (exact) mass is 488 g/mol. The highest BCUT2D eigenvalue weighted by molar-refractivity contribution is 7.94. The lowest BCUT2D eigenvalue weighted by molar-refractivity contribution is 0.588. The summed E-state index contributed by atoms with van der Waals surface area (Å²) in [6.07, 6.45) is 3.10. The number of halogens is 2. The summed E-state index contributed by atoms with van der Waals surface area (Å²) in [6.45, 7) is -0.0435. The Morgan fingerprint density at radius 2 is 1.09 bits per heavy atom. The van der Waals surface area contributed by atoms with Gasteiger partial charge in [-0.3, -0.25) is 9.97 Å². The molecule has 0 fully saturated rings. The van der Waals surface area contributed by atoms with E-state index >= 15 is 0 Å². The van der Waals surface area contributed by atoms with Crippen LogP contribution in [0.4, 0.5) is 20.2 Å². The van der Waals surface area contributed by atoms with Gasteiger partial charge in [0.25, 0.3) is 0 Å². The Morgan fingerprint density at radius 3 is 1.54 bits per heavy atom. The average molecular weight is 489 g/mol. The van der Waals surface area contributed by atoms with Gasteiger partial charge in [-0.2, -0.15) is 8.42 Å². The van der Waals surface area contributed by atoms with Crippen molar-refractivity contribution >= 4 is 43.4 Å². The predicted octanol–water partition coefficient (Wildman–Crippen LogP) is 5.33. The maximum Gasteiger partial charge on any atom is 0.327 e. The molecule has 0 atom stereocenters. The molecule has 3 heterocycles. The molecule has 0 bridgehead atoms. The van der Waals surface area contributed by atoms with Gasteiger partial charge in [0.2, 0.25) is 0 Å². The van der Waals surface area contributed by atoms with Gasteiger partial charge in [0.1, 0.15) is 11.6 Å². The van der Waals surface area contributed by atoms with Crippen LogP contribution in [0.1, 0.15) is 11.1 Å². The molecule has 9 heteroatoms. The molecular weight excluding hydrogens is 470 g/mol. The van der Waals surface area contributed by atoms with Gasteiger partial charge in [0.15, 0.2) is 0 Å². The van der Waals surface area contributed by atoms with Crippen LogP contribution in [0.2, 0.25) is 0 Å². The minimum absolute atomic E-state index is 0.0218. The second-order valence-electron chi connectivity index (χ2n) is 8.22. The van der Waals surface area contributed by atoms with E-state index < -0.39 is 21.8 Å². The molecule has 6 nitrogen and oxygen atoms in total. The van der Waals surface area contributed by atoms with E-state index in [1.165, 1.54) is 20.7 Å². The van der Waals surface area contributed by atoms with Gasteiger partial charge in [0, 0.05) is 23.2 Å². The van der Waals surface area contributed by atoms with E-state index in [4.69, 9.17) is 0 Å². The van der Waals surface area contributed by atoms with Crippen molar-refractivity contribution in [2.75, 3.05) is 8.61 Å². The van der Waals surface area contributed by atoms with Gasteiger partial charge >= 0.3 is 10.2 Å². The number of hydrogen-bond donors (Lipinski definition) is 0. The molecule has 0 spiro atoms. The molecular formula is C26H18F2N4O2S. The third-order valence-electron chi connectivity index (χ3n) is 6.20. The summed E-state index contributed by atoms with van der Waals surface area (Å²) in [5.41, 5.74) is 2.98. The Morgan fingerprint density at radius 1 is 0.629 bits per heavy atom. The van der Waals surface area contributed by atoms with Gasteiger partial charge in [-0.1, -0.05) is 24.3 Å². The molecule has 6 rings (SSSR count). The number of aromatic nitrogens is 2. The first-order valence-electron chi connectivity index (χ1n) is 10.9. The molecule has 2 aromatic heterocycles. The summed E-state index contributed by atoms with van der Waals surface area (Å²) in [6, 6.07) is 19.3. The molecule has 0 saturated carbocycles. The SMILES string of the molecule is O=S1(=O)N(Cc2ccc(F)c3cccnc23)c2ccccc2N1Cc1ccc(F)c2cccnc12. The standard InChI is InChI=1S/C26H18F2N4O2S/c27-21-11-9-17(25-19(21)5-3-13-29-25)15-31-23-7-1-2-8-24(23)32(35(31,33)34)16-18-10-12-22(28)20-6-4-14-30-26(18)20/h1-14H,15-16H2. The minimum atomic E-state index is -4.02. The lowest BCUT2D eigenvalue weighted by Crippen LogP contribution is -2.37. The first kappa shape index (κ1) is 21.4. The van der Waals surface area contributed by atoms with E-state index in [0.717, 1.165) is 0 Å². The first-order valence-corrected chi connectivity index (χ1v) is 12.3. The van der Waals surface area contributed by atoms with Crippen molar-refractivity contribution in [1.29, 1.82) is 0 Å². The molecule has 1 aliphatic rings.